The van der Waals surface area contributed by atoms with Gasteiger partial charge < -0.3 is 24.6 Å². The van der Waals surface area contributed by atoms with Crippen molar-refractivity contribution in [3.63, 3.8) is 0 Å². The first kappa shape index (κ1) is 16.3. The van der Waals surface area contributed by atoms with Gasteiger partial charge in [0.1, 0.15) is 6.61 Å². The topological polar surface area (TPSA) is 96.3 Å². The van der Waals surface area contributed by atoms with Crippen LogP contribution >= 0.6 is 0 Å². The molecule has 2 rings (SSSR count). The highest BCUT2D eigenvalue weighted by Gasteiger charge is 2.32. The van der Waals surface area contributed by atoms with Crippen molar-refractivity contribution in [2.45, 2.75) is 25.2 Å². The van der Waals surface area contributed by atoms with Gasteiger partial charge in [-0.2, -0.15) is 0 Å². The number of hydrogen-bond acceptors (Lipinski definition) is 5. The molecule has 1 heterocycles. The van der Waals surface area contributed by atoms with E-state index in [2.05, 4.69) is 0 Å². The number of carboxylic acids is 1. The Morgan fingerprint density at radius 2 is 1.91 bits per heavy atom. The summed E-state index contributed by atoms with van der Waals surface area (Å²) in [7, 11) is 0. The zero-order valence-corrected chi connectivity index (χ0v) is 12.1. The molecular formula is C15H19NO6. The molecule has 2 unspecified atom stereocenters. The summed E-state index contributed by atoms with van der Waals surface area (Å²) in [5, 5.41) is 18.0. The van der Waals surface area contributed by atoms with Gasteiger partial charge in [0.2, 0.25) is 0 Å². The number of aliphatic hydroxyl groups excluding tert-OH is 1. The molecule has 0 aromatic heterocycles. The number of carboxylic acid groups (broad SMARTS) is 1. The quantitative estimate of drug-likeness (QED) is 0.837. The molecule has 1 saturated heterocycles. The summed E-state index contributed by atoms with van der Waals surface area (Å²) in [6, 6.07) is 9.26. The van der Waals surface area contributed by atoms with E-state index < -0.39 is 24.3 Å². The van der Waals surface area contributed by atoms with Crippen LogP contribution in [0.25, 0.3) is 0 Å². The Labute approximate surface area is 128 Å². The number of nitrogens with zero attached hydrogens (tertiary/aromatic N) is 1. The van der Waals surface area contributed by atoms with Gasteiger partial charge in [-0.25, -0.2) is 4.79 Å². The number of rotatable bonds is 5. The van der Waals surface area contributed by atoms with Gasteiger partial charge in [0.15, 0.2) is 0 Å². The van der Waals surface area contributed by atoms with Gasteiger partial charge in [-0.15, -0.1) is 0 Å². The van der Waals surface area contributed by atoms with Crippen LogP contribution in [0.5, 0.6) is 0 Å². The molecule has 1 fully saturated rings. The summed E-state index contributed by atoms with van der Waals surface area (Å²) in [6.45, 7) is 0.180. The molecule has 7 heteroatoms. The molecule has 0 bridgehead atoms. The second-order valence-corrected chi connectivity index (χ2v) is 5.11. The fourth-order valence-corrected chi connectivity index (χ4v) is 2.29. The van der Waals surface area contributed by atoms with Crippen molar-refractivity contribution in [1.29, 1.82) is 0 Å². The maximum atomic E-state index is 12.1. The van der Waals surface area contributed by atoms with Crippen LogP contribution in [0.15, 0.2) is 30.3 Å². The van der Waals surface area contributed by atoms with Crippen molar-refractivity contribution in [2.75, 3.05) is 19.7 Å². The van der Waals surface area contributed by atoms with Crippen molar-refractivity contribution in [3.8, 4) is 0 Å². The van der Waals surface area contributed by atoms with Crippen molar-refractivity contribution in [3.05, 3.63) is 35.9 Å². The number of hydrogen-bond donors (Lipinski definition) is 2. The normalized spacial score (nSPS) is 21.4. The van der Waals surface area contributed by atoms with Crippen molar-refractivity contribution in [2.24, 2.45) is 0 Å². The zero-order valence-electron chi connectivity index (χ0n) is 12.1. The molecule has 1 amide bonds. The monoisotopic (exact) mass is 309 g/mol. The van der Waals surface area contributed by atoms with Gasteiger partial charge in [0.25, 0.3) is 0 Å². The van der Waals surface area contributed by atoms with Crippen LogP contribution in [0.3, 0.4) is 0 Å². The maximum Gasteiger partial charge on any atom is 0.410 e. The van der Waals surface area contributed by atoms with Crippen LogP contribution < -0.4 is 0 Å². The van der Waals surface area contributed by atoms with Crippen LogP contribution in [0.1, 0.15) is 12.0 Å². The first-order valence-electron chi connectivity index (χ1n) is 7.02. The molecule has 0 aliphatic carbocycles. The third kappa shape index (κ3) is 4.71. The average molecular weight is 309 g/mol. The lowest BCUT2D eigenvalue weighted by molar-refractivity contribution is -0.147. The van der Waals surface area contributed by atoms with E-state index in [1.807, 2.05) is 30.3 Å². The number of amides is 1. The number of benzene rings is 1. The molecule has 7 nitrogen and oxygen atoms in total. The van der Waals surface area contributed by atoms with Crippen LogP contribution in [-0.4, -0.2) is 59.1 Å². The highest BCUT2D eigenvalue weighted by atomic mass is 16.6. The Bertz CT molecular complexity index is 506. The number of morpholine rings is 1. The second-order valence-electron chi connectivity index (χ2n) is 5.11. The van der Waals surface area contributed by atoms with E-state index in [4.69, 9.17) is 14.6 Å². The van der Waals surface area contributed by atoms with E-state index in [1.165, 1.54) is 4.90 Å². The van der Waals surface area contributed by atoms with Crippen LogP contribution in [-0.2, 0) is 20.9 Å². The minimum Gasteiger partial charge on any atom is -0.481 e. The summed E-state index contributed by atoms with van der Waals surface area (Å²) in [6.07, 6.45) is -2.00. The zero-order chi connectivity index (χ0) is 15.9. The third-order valence-corrected chi connectivity index (χ3v) is 3.30. The van der Waals surface area contributed by atoms with E-state index in [0.717, 1.165) is 5.56 Å². The summed E-state index contributed by atoms with van der Waals surface area (Å²) in [4.78, 5) is 24.2. The van der Waals surface area contributed by atoms with Crippen molar-refractivity contribution < 1.29 is 29.3 Å². The molecule has 1 aliphatic rings. The van der Waals surface area contributed by atoms with Gasteiger partial charge in [0.05, 0.1) is 38.3 Å². The lowest BCUT2D eigenvalue weighted by Gasteiger charge is -2.36. The molecule has 1 aliphatic heterocycles. The largest absolute Gasteiger partial charge is 0.481 e. The van der Waals surface area contributed by atoms with E-state index in [9.17, 15) is 14.7 Å². The summed E-state index contributed by atoms with van der Waals surface area (Å²) in [5.41, 5.74) is 0.866. The standard InChI is InChI=1S/C15H19NO6/c17-9-13-8-16(7-12(22-13)6-14(18)19)15(20)21-10-11-4-2-1-3-5-11/h1-5,12-13,17H,6-10H2,(H,18,19). The minimum absolute atomic E-state index is 0.135. The lowest BCUT2D eigenvalue weighted by Crippen LogP contribution is -2.51. The van der Waals surface area contributed by atoms with Crippen LogP contribution in [0.4, 0.5) is 4.79 Å². The molecule has 1 aromatic rings. The van der Waals surface area contributed by atoms with Crippen molar-refractivity contribution in [1.82, 2.24) is 4.90 Å². The highest BCUT2D eigenvalue weighted by molar-refractivity contribution is 5.69. The fraction of sp³-hybridized carbons (Fsp3) is 0.467. The third-order valence-electron chi connectivity index (χ3n) is 3.30. The predicted molar refractivity (Wildman–Crippen MR) is 76.2 cm³/mol. The molecule has 1 aromatic carbocycles. The molecular weight excluding hydrogens is 290 g/mol. The number of carbonyl (C=O) groups is 2. The molecule has 0 radical (unpaired) electrons. The number of carbonyl (C=O) groups excluding carboxylic acids is 1. The fourth-order valence-electron chi connectivity index (χ4n) is 2.29. The maximum absolute atomic E-state index is 12.1. The molecule has 2 N–H and O–H groups in total. The molecule has 120 valence electrons. The highest BCUT2D eigenvalue weighted by Crippen LogP contribution is 2.15. The average Bonchev–Trinajstić information content (AvgIpc) is 2.52. The van der Waals surface area contributed by atoms with E-state index in [1.54, 1.807) is 0 Å². The predicted octanol–water partition coefficient (Wildman–Crippen LogP) is 0.860. The SMILES string of the molecule is O=C(O)CC1CN(C(=O)OCc2ccccc2)CC(CO)O1. The van der Waals surface area contributed by atoms with Crippen LogP contribution in [0.2, 0.25) is 0 Å². The van der Waals surface area contributed by atoms with Crippen molar-refractivity contribution >= 4 is 12.1 Å². The Kier molecular flexibility index (Phi) is 5.74. The summed E-state index contributed by atoms with van der Waals surface area (Å²) in [5.74, 6) is -1.01. The number of aliphatic hydroxyl groups is 1. The van der Waals surface area contributed by atoms with Gasteiger partial charge in [-0.1, -0.05) is 30.3 Å². The smallest absolute Gasteiger partial charge is 0.410 e. The Hall–Kier alpha value is -2.12. The number of ether oxygens (including phenoxy) is 2. The number of aliphatic carboxylic acids is 1. The minimum atomic E-state index is -1.01. The molecule has 22 heavy (non-hydrogen) atoms. The Morgan fingerprint density at radius 1 is 1.23 bits per heavy atom. The lowest BCUT2D eigenvalue weighted by atomic mass is 10.1. The summed E-state index contributed by atoms with van der Waals surface area (Å²) >= 11 is 0. The van der Waals surface area contributed by atoms with Gasteiger partial charge in [-0.3, -0.25) is 4.79 Å². The molecule has 2 atom stereocenters. The second kappa shape index (κ2) is 7.77. The first-order valence-corrected chi connectivity index (χ1v) is 7.02. The van der Waals surface area contributed by atoms with Crippen LogP contribution in [0, 0.1) is 0 Å². The summed E-state index contributed by atoms with van der Waals surface area (Å²) < 4.78 is 10.6. The molecule has 0 spiro atoms. The van der Waals surface area contributed by atoms with Gasteiger partial charge in [-0.05, 0) is 5.56 Å². The first-order chi connectivity index (χ1) is 10.6. The Balaban J connectivity index is 1.90. The van der Waals surface area contributed by atoms with Gasteiger partial charge in [0, 0.05) is 0 Å². The Morgan fingerprint density at radius 3 is 2.55 bits per heavy atom. The van der Waals surface area contributed by atoms with E-state index >= 15 is 0 Å². The van der Waals surface area contributed by atoms with E-state index in [-0.39, 0.29) is 32.7 Å². The van der Waals surface area contributed by atoms with E-state index in [0.29, 0.717) is 0 Å². The molecule has 0 saturated carbocycles. The van der Waals surface area contributed by atoms with Gasteiger partial charge >= 0.3 is 12.1 Å².